The number of halogens is 1. The molecule has 0 nitrogen and oxygen atoms in total. The van der Waals surface area contributed by atoms with E-state index < -0.39 is 0 Å². The molecule has 0 aromatic heterocycles. The third-order valence-electron chi connectivity index (χ3n) is 0.622. The predicted molar refractivity (Wildman–Crippen MR) is 22.6 cm³/mol. The summed E-state index contributed by atoms with van der Waals surface area (Å²) in [6.45, 7) is 0. The zero-order valence-electron chi connectivity index (χ0n) is 3.19. The lowest BCUT2D eigenvalue weighted by Crippen LogP contribution is -1.48. The van der Waals surface area contributed by atoms with Gasteiger partial charge in [0, 0.05) is 6.42 Å². The van der Waals surface area contributed by atoms with Crippen LogP contribution >= 0.6 is 0 Å². The molecule has 0 N–H and O–H groups in total. The summed E-state index contributed by atoms with van der Waals surface area (Å²) in [5.41, 5.74) is 0. The average molecular weight is 83.1 g/mol. The van der Waals surface area contributed by atoms with Crippen LogP contribution in [0.5, 0.6) is 0 Å². The highest BCUT2D eigenvalue weighted by Gasteiger charge is 2.02. The van der Waals surface area contributed by atoms with Gasteiger partial charge in [-0.2, -0.15) is 0 Å². The Morgan fingerprint density at radius 1 is 1.67 bits per heavy atom. The van der Waals surface area contributed by atoms with E-state index in [1.54, 1.807) is 12.5 Å². The second-order valence-electron chi connectivity index (χ2n) is 1.10. The Hall–Kier alpha value is -0.720. The molecule has 0 aromatic rings. The van der Waals surface area contributed by atoms with Crippen molar-refractivity contribution in [3.63, 3.8) is 0 Å². The summed E-state index contributed by atoms with van der Waals surface area (Å²) in [7, 11) is 0. The Labute approximate surface area is 36.0 Å². The predicted octanol–water partition coefficient (Wildman–Crippen LogP) is 1.61. The molecule has 0 amide bonds. The Morgan fingerprint density at radius 2 is 2.50 bits per heavy atom. The SMILES string of the molecule is FC1=C[CH+]C=C1. The molecule has 30 valence electrons. The largest absolute Gasteiger partial charge is 0.271 e. The number of hydrogen-bond acceptors (Lipinski definition) is 0. The van der Waals surface area contributed by atoms with Gasteiger partial charge in [-0.3, -0.25) is 0 Å². The van der Waals surface area contributed by atoms with Gasteiger partial charge in [0.2, 0.25) is 0 Å². The molecule has 6 heavy (non-hydrogen) atoms. The molecule has 1 aliphatic carbocycles. The molecule has 0 bridgehead atoms. The molecule has 0 spiro atoms. The van der Waals surface area contributed by atoms with Crippen molar-refractivity contribution in [1.82, 2.24) is 0 Å². The van der Waals surface area contributed by atoms with Crippen molar-refractivity contribution in [2.45, 2.75) is 0 Å². The van der Waals surface area contributed by atoms with Crippen LogP contribution in [-0.2, 0) is 0 Å². The van der Waals surface area contributed by atoms with Crippen LogP contribution in [0.1, 0.15) is 0 Å². The Bertz CT molecular complexity index is 97.8. The summed E-state index contributed by atoms with van der Waals surface area (Å²) >= 11 is 0. The van der Waals surface area contributed by atoms with Gasteiger partial charge in [0.05, 0.1) is 12.2 Å². The molecule has 0 atom stereocenters. The van der Waals surface area contributed by atoms with Crippen LogP contribution < -0.4 is 0 Å². The molecule has 0 saturated carbocycles. The van der Waals surface area contributed by atoms with E-state index in [9.17, 15) is 4.39 Å². The first-order chi connectivity index (χ1) is 2.89. The van der Waals surface area contributed by atoms with Gasteiger partial charge in [-0.25, -0.2) is 0 Å². The maximum atomic E-state index is 11.7. The van der Waals surface area contributed by atoms with Crippen LogP contribution in [-0.4, -0.2) is 0 Å². The number of hydrogen-bond donors (Lipinski definition) is 0. The van der Waals surface area contributed by atoms with Gasteiger partial charge in [-0.1, -0.05) is 0 Å². The molecule has 0 saturated heterocycles. The summed E-state index contributed by atoms with van der Waals surface area (Å²) < 4.78 is 11.7. The Kier molecular flexibility index (Phi) is 0.675. The summed E-state index contributed by atoms with van der Waals surface area (Å²) in [5.74, 6) is -0.157. The minimum atomic E-state index is -0.157. The van der Waals surface area contributed by atoms with Crippen LogP contribution in [0.3, 0.4) is 0 Å². The van der Waals surface area contributed by atoms with Crippen LogP contribution in [0.4, 0.5) is 4.39 Å². The zero-order chi connectivity index (χ0) is 4.41. The molecule has 1 rings (SSSR count). The van der Waals surface area contributed by atoms with Crippen molar-refractivity contribution >= 4 is 0 Å². The van der Waals surface area contributed by atoms with Crippen molar-refractivity contribution in [3.8, 4) is 0 Å². The van der Waals surface area contributed by atoms with Gasteiger partial charge in [0.1, 0.15) is 6.08 Å². The fourth-order valence-corrected chi connectivity index (χ4v) is 0.351. The fraction of sp³-hybridized carbons (Fsp3) is 0. The second-order valence-corrected chi connectivity index (χ2v) is 1.10. The molecule has 0 radical (unpaired) electrons. The topological polar surface area (TPSA) is 0 Å². The van der Waals surface area contributed by atoms with E-state index in [4.69, 9.17) is 0 Å². The highest BCUT2D eigenvalue weighted by atomic mass is 19.1. The molecule has 0 aliphatic heterocycles. The second kappa shape index (κ2) is 1.17. The maximum absolute atomic E-state index is 11.7. The van der Waals surface area contributed by atoms with Crippen LogP contribution in [0.25, 0.3) is 0 Å². The van der Waals surface area contributed by atoms with E-state index in [-0.39, 0.29) is 5.83 Å². The monoisotopic (exact) mass is 83.0 g/mol. The molecule has 0 unspecified atom stereocenters. The van der Waals surface area contributed by atoms with Gasteiger partial charge in [0.25, 0.3) is 5.83 Å². The quantitative estimate of drug-likeness (QED) is 0.390. The lowest BCUT2D eigenvalue weighted by molar-refractivity contribution is 0.670. The van der Waals surface area contributed by atoms with E-state index in [0.717, 1.165) is 0 Å². The smallest absolute Gasteiger partial charge is 0.112 e. The van der Waals surface area contributed by atoms with E-state index >= 15 is 0 Å². The zero-order valence-corrected chi connectivity index (χ0v) is 3.19. The van der Waals surface area contributed by atoms with Crippen molar-refractivity contribution < 1.29 is 4.39 Å². The number of rotatable bonds is 0. The van der Waals surface area contributed by atoms with Crippen LogP contribution in [0.15, 0.2) is 24.1 Å². The third-order valence-corrected chi connectivity index (χ3v) is 0.622. The van der Waals surface area contributed by atoms with Gasteiger partial charge in [-0.05, 0) is 0 Å². The Balaban J connectivity index is 2.68. The normalized spacial score (nSPS) is 17.2. The minimum Gasteiger partial charge on any atom is -0.112 e. The molecule has 0 aromatic carbocycles. The lowest BCUT2D eigenvalue weighted by atomic mass is 10.5. The van der Waals surface area contributed by atoms with Gasteiger partial charge >= 0.3 is 0 Å². The van der Waals surface area contributed by atoms with Gasteiger partial charge in [0.15, 0.2) is 0 Å². The highest BCUT2D eigenvalue weighted by Crippen LogP contribution is 2.06. The molecule has 1 heteroatoms. The van der Waals surface area contributed by atoms with Crippen LogP contribution in [0.2, 0.25) is 0 Å². The average Bonchev–Trinajstić information content (AvgIpc) is 1.86. The third kappa shape index (κ3) is 0.432. The van der Waals surface area contributed by atoms with E-state index in [0.29, 0.717) is 0 Å². The lowest BCUT2D eigenvalue weighted by Gasteiger charge is -1.54. The standard InChI is InChI=1S/C5H4F/c6-5-3-1-2-4-5/h1-4H/q+1. The van der Waals surface area contributed by atoms with Crippen molar-refractivity contribution in [1.29, 1.82) is 0 Å². The fourth-order valence-electron chi connectivity index (χ4n) is 0.351. The van der Waals surface area contributed by atoms with E-state index in [1.165, 1.54) is 12.2 Å². The van der Waals surface area contributed by atoms with E-state index in [2.05, 4.69) is 0 Å². The van der Waals surface area contributed by atoms with Crippen LogP contribution in [0, 0.1) is 6.42 Å². The van der Waals surface area contributed by atoms with Gasteiger partial charge < -0.3 is 0 Å². The first kappa shape index (κ1) is 3.47. The van der Waals surface area contributed by atoms with Crippen molar-refractivity contribution in [2.24, 2.45) is 0 Å². The summed E-state index contributed by atoms with van der Waals surface area (Å²) in [5, 5.41) is 0. The first-order valence-corrected chi connectivity index (χ1v) is 1.77. The van der Waals surface area contributed by atoms with Crippen molar-refractivity contribution in [2.75, 3.05) is 0 Å². The molecule has 0 fully saturated rings. The summed E-state index contributed by atoms with van der Waals surface area (Å²) in [6.07, 6.45) is 6.16. The molecular formula is C5H4F+. The summed E-state index contributed by atoms with van der Waals surface area (Å²) in [4.78, 5) is 0. The highest BCUT2D eigenvalue weighted by molar-refractivity contribution is 5.28. The van der Waals surface area contributed by atoms with Gasteiger partial charge in [-0.15, -0.1) is 4.39 Å². The molecule has 0 heterocycles. The first-order valence-electron chi connectivity index (χ1n) is 1.77. The summed E-state index contributed by atoms with van der Waals surface area (Å²) in [6, 6.07) is 0. The molecule has 1 aliphatic rings. The van der Waals surface area contributed by atoms with Crippen molar-refractivity contribution in [3.05, 3.63) is 30.5 Å². The Morgan fingerprint density at radius 3 is 2.67 bits per heavy atom. The van der Waals surface area contributed by atoms with E-state index in [1.807, 2.05) is 0 Å². The molecular weight excluding hydrogens is 79.1 g/mol. The minimum absolute atomic E-state index is 0.157. The maximum Gasteiger partial charge on any atom is 0.271 e. The number of allylic oxidation sites excluding steroid dienone is 4.